The Morgan fingerprint density at radius 2 is 1.58 bits per heavy atom. The number of epoxide rings is 2. The zero-order valence-electron chi connectivity index (χ0n) is 15.2. The summed E-state index contributed by atoms with van der Waals surface area (Å²) >= 11 is 0. The van der Waals surface area contributed by atoms with Crippen LogP contribution in [0.15, 0.2) is 0 Å². The van der Waals surface area contributed by atoms with E-state index in [9.17, 15) is 18.0 Å². The van der Waals surface area contributed by atoms with Gasteiger partial charge >= 0.3 is 11.9 Å². The van der Waals surface area contributed by atoms with Gasteiger partial charge in [0.05, 0.1) is 38.6 Å². The minimum atomic E-state index is -4.36. The summed E-state index contributed by atoms with van der Waals surface area (Å²) in [5, 5.41) is -1.47. The number of rotatable bonds is 11. The average Bonchev–Trinajstić information content (AvgIpc) is 3.42. The van der Waals surface area contributed by atoms with Crippen LogP contribution in [0.2, 0.25) is 0 Å². The Labute approximate surface area is 154 Å². The Morgan fingerprint density at radius 3 is 1.96 bits per heavy atom. The van der Waals surface area contributed by atoms with E-state index in [4.69, 9.17) is 23.5 Å². The van der Waals surface area contributed by atoms with Gasteiger partial charge in [-0.25, -0.2) is 0 Å². The van der Waals surface area contributed by atoms with Gasteiger partial charge in [0.1, 0.15) is 0 Å². The van der Waals surface area contributed by atoms with Crippen LogP contribution >= 0.6 is 0 Å². The highest BCUT2D eigenvalue weighted by Crippen LogP contribution is 2.14. The Hall–Kier alpha value is -1.23. The monoisotopic (exact) mass is 396 g/mol. The number of ether oxygens (including phenoxy) is 4. The average molecular weight is 396 g/mol. The van der Waals surface area contributed by atoms with Crippen LogP contribution in [0.5, 0.6) is 0 Å². The molecule has 2 heterocycles. The van der Waals surface area contributed by atoms with Crippen molar-refractivity contribution in [3.8, 4) is 0 Å². The minimum absolute atomic E-state index is 0.00239. The fourth-order valence-corrected chi connectivity index (χ4v) is 2.67. The lowest BCUT2D eigenvalue weighted by Crippen LogP contribution is -2.31. The number of hydrogen-bond acceptors (Lipinski definition) is 8. The van der Waals surface area contributed by atoms with E-state index in [0.717, 1.165) is 19.4 Å². The maximum Gasteiger partial charge on any atom is 0.326 e. The van der Waals surface area contributed by atoms with Crippen molar-refractivity contribution in [1.29, 1.82) is 0 Å². The highest BCUT2D eigenvalue weighted by molar-refractivity contribution is 7.87. The summed E-state index contributed by atoms with van der Waals surface area (Å²) < 4.78 is 49.7. The Kier molecular flexibility index (Phi) is 10.1. The summed E-state index contributed by atoms with van der Waals surface area (Å²) in [5.74, 6) is -0.992. The largest absolute Gasteiger partial charge is 0.466 e. The number of carbonyl (C=O) groups excluding carboxylic acids is 2. The molecule has 0 saturated carbocycles. The Bertz CT molecular complexity index is 538. The molecule has 10 heteroatoms. The maximum absolute atomic E-state index is 11.2. The molecule has 0 spiro atoms. The third kappa shape index (κ3) is 10.7. The highest BCUT2D eigenvalue weighted by Gasteiger charge is 2.31. The molecule has 2 rings (SSSR count). The van der Waals surface area contributed by atoms with Crippen molar-refractivity contribution in [3.05, 3.63) is 0 Å². The zero-order chi connectivity index (χ0) is 19.6. The van der Waals surface area contributed by atoms with Crippen molar-refractivity contribution in [1.82, 2.24) is 0 Å². The van der Waals surface area contributed by atoms with Crippen LogP contribution in [0.3, 0.4) is 0 Å². The minimum Gasteiger partial charge on any atom is -0.466 e. The van der Waals surface area contributed by atoms with E-state index in [0.29, 0.717) is 32.2 Å². The molecular weight excluding hydrogens is 368 g/mol. The molecule has 0 bridgehead atoms. The van der Waals surface area contributed by atoms with Crippen LogP contribution in [-0.4, -0.2) is 68.8 Å². The molecular formula is C16H28O9S. The molecule has 26 heavy (non-hydrogen) atoms. The standard InChI is InChI=1S/C8H14O6S.C8H14O3/c1-2-7(15(10,11)12)8(9)13-4-3-6-5-14-6;1-2-3-8(9)10-5-4-7-6-11-7/h6-7H,2-5H2,1H3,(H,10,11,12);7H,2-6H2,1H3. The van der Waals surface area contributed by atoms with E-state index in [1.165, 1.54) is 6.92 Å². The molecule has 2 aliphatic rings. The summed E-state index contributed by atoms with van der Waals surface area (Å²) in [5.41, 5.74) is 0. The molecule has 3 atom stereocenters. The normalized spacial score (nSPS) is 21.8. The van der Waals surface area contributed by atoms with Crippen LogP contribution in [0.25, 0.3) is 0 Å². The van der Waals surface area contributed by atoms with Crippen LogP contribution < -0.4 is 0 Å². The van der Waals surface area contributed by atoms with Crippen molar-refractivity contribution in [2.75, 3.05) is 26.4 Å². The highest BCUT2D eigenvalue weighted by atomic mass is 32.2. The summed E-state index contributed by atoms with van der Waals surface area (Å²) in [6.45, 7) is 5.59. The third-order valence-electron chi connectivity index (χ3n) is 3.64. The molecule has 2 saturated heterocycles. The second kappa shape index (κ2) is 11.5. The van der Waals surface area contributed by atoms with Crippen molar-refractivity contribution >= 4 is 22.1 Å². The Balaban J connectivity index is 0.000000273. The molecule has 2 fully saturated rings. The van der Waals surface area contributed by atoms with Crippen molar-refractivity contribution < 1.29 is 41.5 Å². The van der Waals surface area contributed by atoms with Gasteiger partial charge in [0.2, 0.25) is 0 Å². The molecule has 152 valence electrons. The van der Waals surface area contributed by atoms with E-state index in [2.05, 4.69) is 0 Å². The lowest BCUT2D eigenvalue weighted by Gasteiger charge is -2.10. The second-order valence-electron chi connectivity index (χ2n) is 6.04. The summed E-state index contributed by atoms with van der Waals surface area (Å²) in [6, 6.07) is 0. The predicted octanol–water partition coefficient (Wildman–Crippen LogP) is 1.10. The number of esters is 2. The van der Waals surface area contributed by atoms with Gasteiger partial charge in [-0.05, 0) is 12.8 Å². The quantitative estimate of drug-likeness (QED) is 0.310. The van der Waals surface area contributed by atoms with E-state index in [-0.39, 0.29) is 25.1 Å². The van der Waals surface area contributed by atoms with Gasteiger partial charge < -0.3 is 18.9 Å². The number of carbonyl (C=O) groups is 2. The SMILES string of the molecule is CCC(C(=O)OCCC1CO1)S(=O)(=O)O.CCCC(=O)OCCC1CO1. The molecule has 2 aliphatic heterocycles. The maximum atomic E-state index is 11.2. The lowest BCUT2D eigenvalue weighted by atomic mass is 10.3. The molecule has 0 aliphatic carbocycles. The van der Waals surface area contributed by atoms with Gasteiger partial charge in [-0.2, -0.15) is 8.42 Å². The molecule has 3 unspecified atom stereocenters. The fourth-order valence-electron chi connectivity index (χ4n) is 1.93. The molecule has 0 amide bonds. The first-order valence-corrected chi connectivity index (χ1v) is 10.3. The molecule has 0 radical (unpaired) electrons. The summed E-state index contributed by atoms with van der Waals surface area (Å²) in [6.07, 6.45) is 3.30. The molecule has 0 aromatic carbocycles. The van der Waals surface area contributed by atoms with Gasteiger partial charge in [0.15, 0.2) is 5.25 Å². The van der Waals surface area contributed by atoms with Crippen LogP contribution in [0.4, 0.5) is 0 Å². The van der Waals surface area contributed by atoms with E-state index < -0.39 is 21.3 Å². The van der Waals surface area contributed by atoms with Gasteiger partial charge in [0, 0.05) is 19.3 Å². The smallest absolute Gasteiger partial charge is 0.326 e. The molecule has 0 aromatic rings. The van der Waals surface area contributed by atoms with E-state index in [1.807, 2.05) is 6.92 Å². The van der Waals surface area contributed by atoms with Crippen LogP contribution in [0, 0.1) is 0 Å². The number of hydrogen-bond donors (Lipinski definition) is 1. The first kappa shape index (κ1) is 22.8. The molecule has 0 aromatic heterocycles. The van der Waals surface area contributed by atoms with Crippen molar-refractivity contribution in [2.24, 2.45) is 0 Å². The zero-order valence-corrected chi connectivity index (χ0v) is 16.0. The fraction of sp³-hybridized carbons (Fsp3) is 0.875. The first-order chi connectivity index (χ1) is 12.3. The summed E-state index contributed by atoms with van der Waals surface area (Å²) in [4.78, 5) is 22.0. The molecule has 1 N–H and O–H groups in total. The second-order valence-corrected chi connectivity index (χ2v) is 7.64. The van der Waals surface area contributed by atoms with Gasteiger partial charge in [-0.3, -0.25) is 14.1 Å². The molecule has 9 nitrogen and oxygen atoms in total. The van der Waals surface area contributed by atoms with Crippen molar-refractivity contribution in [3.63, 3.8) is 0 Å². The van der Waals surface area contributed by atoms with Crippen LogP contribution in [-0.2, 0) is 38.7 Å². The topological polar surface area (TPSA) is 132 Å². The van der Waals surface area contributed by atoms with Gasteiger partial charge in [0.25, 0.3) is 10.1 Å². The predicted molar refractivity (Wildman–Crippen MR) is 91.2 cm³/mol. The van der Waals surface area contributed by atoms with Gasteiger partial charge in [-0.15, -0.1) is 0 Å². The van der Waals surface area contributed by atoms with E-state index >= 15 is 0 Å². The summed E-state index contributed by atoms with van der Waals surface area (Å²) in [7, 11) is -4.36. The lowest BCUT2D eigenvalue weighted by molar-refractivity contribution is -0.144. The van der Waals surface area contributed by atoms with Crippen LogP contribution in [0.1, 0.15) is 46.0 Å². The first-order valence-electron chi connectivity index (χ1n) is 8.79. The van der Waals surface area contributed by atoms with E-state index in [1.54, 1.807) is 0 Å². The Morgan fingerprint density at radius 1 is 1.08 bits per heavy atom. The van der Waals surface area contributed by atoms with Crippen molar-refractivity contribution in [2.45, 2.75) is 63.4 Å². The van der Waals surface area contributed by atoms with Gasteiger partial charge in [-0.1, -0.05) is 13.8 Å². The third-order valence-corrected chi connectivity index (χ3v) is 4.88.